The van der Waals surface area contributed by atoms with E-state index in [-0.39, 0.29) is 5.54 Å². The topological polar surface area (TPSA) is 12.0 Å². The summed E-state index contributed by atoms with van der Waals surface area (Å²) >= 11 is 0. The molecule has 0 saturated heterocycles. The highest BCUT2D eigenvalue weighted by Gasteiger charge is 2.19. The van der Waals surface area contributed by atoms with Gasteiger partial charge in [0, 0.05) is 5.54 Å². The first-order chi connectivity index (χ1) is 8.13. The standard InChI is InChI=1S/C16H25N/c1-16(2,17-3)15-11-9-14(10-12-15)13-7-5-4-6-8-13/h9-13,17H,4-8H2,1-3H3. The van der Waals surface area contributed by atoms with E-state index in [4.69, 9.17) is 0 Å². The minimum atomic E-state index is 0.0745. The molecule has 1 N–H and O–H groups in total. The van der Waals surface area contributed by atoms with Gasteiger partial charge < -0.3 is 5.32 Å². The lowest BCUT2D eigenvalue weighted by Crippen LogP contribution is -2.33. The maximum Gasteiger partial charge on any atom is 0.0374 e. The summed E-state index contributed by atoms with van der Waals surface area (Å²) in [5.41, 5.74) is 2.99. The molecule has 17 heavy (non-hydrogen) atoms. The Hall–Kier alpha value is -0.820. The third-order valence-corrected chi connectivity index (χ3v) is 4.33. The molecule has 0 bridgehead atoms. The molecule has 0 aromatic heterocycles. The highest BCUT2D eigenvalue weighted by Crippen LogP contribution is 2.33. The second-order valence-electron chi connectivity index (χ2n) is 5.83. The van der Waals surface area contributed by atoms with Gasteiger partial charge in [-0.25, -0.2) is 0 Å². The second kappa shape index (κ2) is 5.22. The molecule has 2 rings (SSSR count). The van der Waals surface area contributed by atoms with E-state index < -0.39 is 0 Å². The molecule has 0 aliphatic heterocycles. The maximum absolute atomic E-state index is 3.36. The molecule has 1 aromatic carbocycles. The van der Waals surface area contributed by atoms with Gasteiger partial charge in [-0.05, 0) is 50.8 Å². The third-order valence-electron chi connectivity index (χ3n) is 4.33. The zero-order valence-electron chi connectivity index (χ0n) is 11.4. The highest BCUT2D eigenvalue weighted by atomic mass is 14.9. The van der Waals surface area contributed by atoms with Crippen molar-refractivity contribution in [2.45, 2.75) is 57.4 Å². The average molecular weight is 231 g/mol. The fourth-order valence-corrected chi connectivity index (χ4v) is 2.75. The highest BCUT2D eigenvalue weighted by molar-refractivity contribution is 5.29. The minimum Gasteiger partial charge on any atom is -0.311 e. The summed E-state index contributed by atoms with van der Waals surface area (Å²) in [7, 11) is 2.02. The molecule has 0 amide bonds. The van der Waals surface area contributed by atoms with Crippen molar-refractivity contribution in [1.82, 2.24) is 5.32 Å². The lowest BCUT2D eigenvalue weighted by Gasteiger charge is -2.26. The van der Waals surface area contributed by atoms with Crippen LogP contribution in [0.3, 0.4) is 0 Å². The maximum atomic E-state index is 3.36. The fraction of sp³-hybridized carbons (Fsp3) is 0.625. The first kappa shape index (κ1) is 12.6. The van der Waals surface area contributed by atoms with E-state index in [1.54, 1.807) is 5.56 Å². The van der Waals surface area contributed by atoms with Gasteiger partial charge in [0.05, 0.1) is 0 Å². The summed E-state index contributed by atoms with van der Waals surface area (Å²) in [6, 6.07) is 9.26. The van der Waals surface area contributed by atoms with Crippen LogP contribution in [0.15, 0.2) is 24.3 Å². The third kappa shape index (κ3) is 2.90. The van der Waals surface area contributed by atoms with Crippen LogP contribution in [-0.2, 0) is 5.54 Å². The van der Waals surface area contributed by atoms with Crippen LogP contribution in [0.4, 0.5) is 0 Å². The first-order valence-corrected chi connectivity index (χ1v) is 6.93. The van der Waals surface area contributed by atoms with Crippen LogP contribution in [0.1, 0.15) is 63.0 Å². The monoisotopic (exact) mass is 231 g/mol. The number of rotatable bonds is 3. The Labute approximate surface area is 106 Å². The van der Waals surface area contributed by atoms with Gasteiger partial charge in [0.2, 0.25) is 0 Å². The lowest BCUT2D eigenvalue weighted by atomic mass is 9.83. The summed E-state index contributed by atoms with van der Waals surface area (Å²) in [6.45, 7) is 4.45. The summed E-state index contributed by atoms with van der Waals surface area (Å²) < 4.78 is 0. The predicted octanol–water partition coefficient (Wildman–Crippen LogP) is 4.19. The molecule has 1 fully saturated rings. The van der Waals surface area contributed by atoms with Gasteiger partial charge in [-0.2, -0.15) is 0 Å². The van der Waals surface area contributed by atoms with Gasteiger partial charge >= 0.3 is 0 Å². The minimum absolute atomic E-state index is 0.0745. The second-order valence-corrected chi connectivity index (χ2v) is 5.83. The summed E-state index contributed by atoms with van der Waals surface area (Å²) in [4.78, 5) is 0. The fourth-order valence-electron chi connectivity index (χ4n) is 2.75. The Morgan fingerprint density at radius 2 is 1.59 bits per heavy atom. The normalized spacial score (nSPS) is 18.3. The van der Waals surface area contributed by atoms with E-state index in [1.165, 1.54) is 37.7 Å². The van der Waals surface area contributed by atoms with Crippen LogP contribution in [0.2, 0.25) is 0 Å². The van der Waals surface area contributed by atoms with Crippen molar-refractivity contribution in [2.24, 2.45) is 0 Å². The van der Waals surface area contributed by atoms with E-state index >= 15 is 0 Å². The van der Waals surface area contributed by atoms with E-state index in [0.717, 1.165) is 5.92 Å². The number of hydrogen-bond donors (Lipinski definition) is 1. The van der Waals surface area contributed by atoms with Gasteiger partial charge in [-0.15, -0.1) is 0 Å². The number of hydrogen-bond acceptors (Lipinski definition) is 1. The Bertz CT molecular complexity index is 344. The van der Waals surface area contributed by atoms with Crippen LogP contribution in [0.5, 0.6) is 0 Å². The van der Waals surface area contributed by atoms with Crippen molar-refractivity contribution in [2.75, 3.05) is 7.05 Å². The van der Waals surface area contributed by atoms with E-state index in [9.17, 15) is 0 Å². The van der Waals surface area contributed by atoms with Crippen LogP contribution < -0.4 is 5.32 Å². The van der Waals surface area contributed by atoms with Gasteiger partial charge in [-0.1, -0.05) is 43.5 Å². The molecular weight excluding hydrogens is 206 g/mol. The molecular formula is C16H25N. The van der Waals surface area contributed by atoms with E-state index in [2.05, 4.69) is 43.4 Å². The smallest absolute Gasteiger partial charge is 0.0374 e. The Morgan fingerprint density at radius 1 is 1.00 bits per heavy atom. The molecule has 1 aliphatic carbocycles. The quantitative estimate of drug-likeness (QED) is 0.822. The lowest BCUT2D eigenvalue weighted by molar-refractivity contribution is 0.438. The van der Waals surface area contributed by atoms with Crippen LogP contribution in [0.25, 0.3) is 0 Å². The van der Waals surface area contributed by atoms with Crippen molar-refractivity contribution >= 4 is 0 Å². The summed E-state index contributed by atoms with van der Waals surface area (Å²) in [5, 5.41) is 3.36. The molecule has 1 aromatic rings. The van der Waals surface area contributed by atoms with Crippen molar-refractivity contribution in [3.05, 3.63) is 35.4 Å². The Morgan fingerprint density at radius 3 is 2.12 bits per heavy atom. The molecule has 94 valence electrons. The van der Waals surface area contributed by atoms with Crippen molar-refractivity contribution in [3.8, 4) is 0 Å². The average Bonchev–Trinajstić information content (AvgIpc) is 2.40. The van der Waals surface area contributed by atoms with Gasteiger partial charge in [0.1, 0.15) is 0 Å². The molecule has 0 spiro atoms. The molecule has 0 atom stereocenters. The van der Waals surface area contributed by atoms with Crippen molar-refractivity contribution in [1.29, 1.82) is 0 Å². The predicted molar refractivity (Wildman–Crippen MR) is 74.4 cm³/mol. The van der Waals surface area contributed by atoms with Gasteiger partial charge in [0.25, 0.3) is 0 Å². The largest absolute Gasteiger partial charge is 0.311 e. The molecule has 1 nitrogen and oxygen atoms in total. The van der Waals surface area contributed by atoms with Gasteiger partial charge in [0.15, 0.2) is 0 Å². The van der Waals surface area contributed by atoms with E-state index in [1.807, 2.05) is 7.05 Å². The first-order valence-electron chi connectivity index (χ1n) is 6.93. The number of nitrogens with one attached hydrogen (secondary N) is 1. The molecule has 0 unspecified atom stereocenters. The van der Waals surface area contributed by atoms with Crippen molar-refractivity contribution in [3.63, 3.8) is 0 Å². The van der Waals surface area contributed by atoms with Gasteiger partial charge in [-0.3, -0.25) is 0 Å². The summed E-state index contributed by atoms with van der Waals surface area (Å²) in [6.07, 6.45) is 7.02. The SMILES string of the molecule is CNC(C)(C)c1ccc(C2CCCCC2)cc1. The number of benzene rings is 1. The van der Waals surface area contributed by atoms with Crippen LogP contribution in [0, 0.1) is 0 Å². The summed E-state index contributed by atoms with van der Waals surface area (Å²) in [5.74, 6) is 0.815. The molecule has 1 aliphatic rings. The van der Waals surface area contributed by atoms with E-state index in [0.29, 0.717) is 0 Å². The van der Waals surface area contributed by atoms with Crippen molar-refractivity contribution < 1.29 is 0 Å². The Balaban J connectivity index is 2.12. The zero-order valence-corrected chi connectivity index (χ0v) is 11.4. The molecule has 1 saturated carbocycles. The molecule has 0 radical (unpaired) electrons. The Kier molecular flexibility index (Phi) is 3.88. The van der Waals surface area contributed by atoms with Crippen LogP contribution >= 0.6 is 0 Å². The molecule has 0 heterocycles. The molecule has 1 heteroatoms. The van der Waals surface area contributed by atoms with Crippen LogP contribution in [-0.4, -0.2) is 7.05 Å². The zero-order chi connectivity index (χ0) is 12.3.